The number of fused-ring (bicyclic) bond motifs is 5. The fourth-order valence-corrected chi connectivity index (χ4v) is 5.46. The standard InChI is InChI=1S/C18H24O2/c1-18-9-8-14-13-5-3-12(19)10-11(13)2-4-15(14)16(18)6-7-17(18)20/h3,5,10,14-17,19-20H,2,4,6-9H2,1H3/t14-,15-,16+,17+,18+/m1/s1/i3D/hD. The van der Waals surface area contributed by atoms with Crippen LogP contribution in [0.2, 0.25) is 0 Å². The second kappa shape index (κ2) is 4.24. The highest BCUT2D eigenvalue weighted by Gasteiger charge is 2.54. The number of rotatable bonds is 1. The lowest BCUT2D eigenvalue weighted by atomic mass is 9.55. The van der Waals surface area contributed by atoms with Crippen LogP contribution in [0, 0.1) is 17.3 Å². The first-order chi connectivity index (χ1) is 10.5. The molecule has 1 aromatic rings. The van der Waals surface area contributed by atoms with Gasteiger partial charge < -0.3 is 10.2 Å². The quantitative estimate of drug-likeness (QED) is 0.821. The van der Waals surface area contributed by atoms with Crippen LogP contribution in [0.5, 0.6) is 5.75 Å². The molecule has 0 heterocycles. The summed E-state index contributed by atoms with van der Waals surface area (Å²) in [5.74, 6) is 2.16. The van der Waals surface area contributed by atoms with Gasteiger partial charge in [0.05, 0.1) is 7.47 Å². The third kappa shape index (κ3) is 1.60. The summed E-state index contributed by atoms with van der Waals surface area (Å²) in [7, 11) is 0. The lowest BCUT2D eigenvalue weighted by Gasteiger charge is -2.50. The monoisotopic (exact) mass is 274 g/mol. The van der Waals surface area contributed by atoms with Crippen molar-refractivity contribution in [3.8, 4) is 5.75 Å². The van der Waals surface area contributed by atoms with Gasteiger partial charge in [-0.3, -0.25) is 0 Å². The van der Waals surface area contributed by atoms with Crippen LogP contribution in [0.4, 0.5) is 0 Å². The van der Waals surface area contributed by atoms with E-state index >= 15 is 0 Å². The molecule has 0 unspecified atom stereocenters. The van der Waals surface area contributed by atoms with Crippen molar-refractivity contribution in [2.75, 3.05) is 0 Å². The summed E-state index contributed by atoms with van der Waals surface area (Å²) in [6, 6.07) is 4.16. The summed E-state index contributed by atoms with van der Waals surface area (Å²) in [6.07, 6.45) is 6.34. The first-order valence-corrected chi connectivity index (χ1v) is 7.99. The summed E-state index contributed by atoms with van der Waals surface area (Å²) in [5, 5.41) is 15.0. The van der Waals surface area contributed by atoms with Crippen LogP contribution in [-0.4, -0.2) is 17.8 Å². The Labute approximate surface area is 123 Å². The highest BCUT2D eigenvalue weighted by Crippen LogP contribution is 2.60. The predicted octanol–water partition coefficient (Wildman–Crippen LogP) is 3.61. The van der Waals surface area contributed by atoms with E-state index in [1.807, 2.05) is 12.1 Å². The fourth-order valence-electron chi connectivity index (χ4n) is 5.46. The Kier molecular flexibility index (Phi) is 2.26. The molecule has 108 valence electrons. The third-order valence-corrected chi connectivity index (χ3v) is 6.58. The van der Waals surface area contributed by atoms with Crippen molar-refractivity contribution in [3.05, 3.63) is 29.3 Å². The molecule has 20 heavy (non-hydrogen) atoms. The van der Waals surface area contributed by atoms with E-state index in [1.165, 1.54) is 17.5 Å². The van der Waals surface area contributed by atoms with E-state index < -0.39 is 0 Å². The Balaban J connectivity index is 1.71. The summed E-state index contributed by atoms with van der Waals surface area (Å²) < 4.78 is 15.1. The second-order valence-electron chi connectivity index (χ2n) is 7.33. The molecular formula is C18H24O2. The minimum atomic E-state index is -0.134. The zero-order chi connectivity index (χ0) is 15.5. The average molecular weight is 274 g/mol. The zero-order valence-corrected chi connectivity index (χ0v) is 12.1. The first-order valence-electron chi connectivity index (χ1n) is 8.90. The van der Waals surface area contributed by atoms with Crippen LogP contribution in [0.3, 0.4) is 0 Å². The highest BCUT2D eigenvalue weighted by molar-refractivity contribution is 5.40. The lowest BCUT2D eigenvalue weighted by Crippen LogP contribution is -2.43. The molecule has 0 aliphatic heterocycles. The Morgan fingerprint density at radius 1 is 1.35 bits per heavy atom. The van der Waals surface area contributed by atoms with Crippen molar-refractivity contribution in [2.45, 2.75) is 57.5 Å². The van der Waals surface area contributed by atoms with Gasteiger partial charge in [0.15, 0.2) is 0 Å². The van der Waals surface area contributed by atoms with Gasteiger partial charge in [-0.2, -0.15) is 0 Å². The first kappa shape index (κ1) is 10.7. The normalized spacial score (nSPS) is 43.9. The van der Waals surface area contributed by atoms with E-state index in [-0.39, 0.29) is 11.5 Å². The van der Waals surface area contributed by atoms with E-state index in [4.69, 9.17) is 2.80 Å². The predicted molar refractivity (Wildman–Crippen MR) is 78.7 cm³/mol. The van der Waals surface area contributed by atoms with Gasteiger partial charge in [0, 0.05) is 0 Å². The molecule has 0 spiro atoms. The van der Waals surface area contributed by atoms with Gasteiger partial charge >= 0.3 is 0 Å². The van der Waals surface area contributed by atoms with Crippen molar-refractivity contribution in [2.24, 2.45) is 17.3 Å². The molecule has 0 bridgehead atoms. The maximum Gasteiger partial charge on any atom is 0.293 e. The largest absolute Gasteiger partial charge is 0.508 e. The van der Waals surface area contributed by atoms with Gasteiger partial charge in [0.1, 0.15) is 5.75 Å². The van der Waals surface area contributed by atoms with Crippen molar-refractivity contribution in [1.29, 1.82) is 1.43 Å². The minimum Gasteiger partial charge on any atom is -0.508 e. The highest BCUT2D eigenvalue weighted by atomic mass is 16.3. The van der Waals surface area contributed by atoms with E-state index in [9.17, 15) is 5.11 Å². The van der Waals surface area contributed by atoms with Gasteiger partial charge in [-0.05, 0) is 84.9 Å². The maximum atomic E-state index is 10.4. The molecule has 2 fully saturated rings. The Morgan fingerprint density at radius 3 is 3.10 bits per heavy atom. The molecule has 3 aliphatic carbocycles. The lowest BCUT2D eigenvalue weighted by molar-refractivity contribution is -0.0226. The fraction of sp³-hybridized carbons (Fsp3) is 0.667. The topological polar surface area (TPSA) is 40.5 Å². The number of phenols is 1. The molecule has 0 radical (unpaired) electrons. The Morgan fingerprint density at radius 2 is 2.25 bits per heavy atom. The number of aliphatic hydroxyl groups is 1. The van der Waals surface area contributed by atoms with Crippen molar-refractivity contribution >= 4 is 0 Å². The SMILES string of the molecule is [2H]Oc1cc2c(cc1[2H])[C@H]1CC[C@]3(C)[C@@H](O)CC[C@H]3[C@@H]1CC2. The van der Waals surface area contributed by atoms with E-state index in [0.717, 1.165) is 32.1 Å². The maximum absolute atomic E-state index is 10.4. The van der Waals surface area contributed by atoms with Crippen LogP contribution in [0.25, 0.3) is 0 Å². The number of aryl methyl sites for hydroxylation is 1. The van der Waals surface area contributed by atoms with Crippen LogP contribution >= 0.6 is 0 Å². The third-order valence-electron chi connectivity index (χ3n) is 6.58. The van der Waals surface area contributed by atoms with Crippen LogP contribution in [-0.2, 0) is 6.42 Å². The molecule has 4 rings (SSSR count). The summed E-state index contributed by atoms with van der Waals surface area (Å²) >= 11 is 0. The molecule has 3 aliphatic rings. The molecule has 5 atom stereocenters. The number of hydrogen-bond donors (Lipinski definition) is 2. The molecule has 0 amide bonds. The van der Waals surface area contributed by atoms with E-state index in [1.54, 1.807) is 0 Å². The van der Waals surface area contributed by atoms with Crippen LogP contribution < -0.4 is 0 Å². The van der Waals surface area contributed by atoms with Crippen LogP contribution in [0.15, 0.2) is 18.2 Å². The van der Waals surface area contributed by atoms with Crippen molar-refractivity contribution in [3.63, 3.8) is 0 Å². The number of benzene rings is 1. The van der Waals surface area contributed by atoms with E-state index in [2.05, 4.69) is 12.0 Å². The molecule has 1 aromatic carbocycles. The van der Waals surface area contributed by atoms with E-state index in [0.29, 0.717) is 29.5 Å². The number of phenolic OH excluding ortho intramolecular Hbond substituents is 1. The minimum absolute atomic E-state index is 0.104. The average Bonchev–Trinajstić information content (AvgIpc) is 2.82. The molecule has 2 nitrogen and oxygen atoms in total. The smallest absolute Gasteiger partial charge is 0.293 e. The van der Waals surface area contributed by atoms with Crippen LogP contribution in [0.1, 0.15) is 57.4 Å². The summed E-state index contributed by atoms with van der Waals surface area (Å²) in [6.45, 7) is 2.29. The van der Waals surface area contributed by atoms with Crippen molar-refractivity contribution in [1.82, 2.24) is 0 Å². The second-order valence-corrected chi connectivity index (χ2v) is 7.33. The molecule has 2 heteroatoms. The molecule has 2 saturated carbocycles. The van der Waals surface area contributed by atoms with Gasteiger partial charge in [0.2, 0.25) is 0 Å². The van der Waals surface area contributed by atoms with Gasteiger partial charge in [0.25, 0.3) is 1.43 Å². The number of hydrogen-bond acceptors (Lipinski definition) is 2. The summed E-state index contributed by atoms with van der Waals surface area (Å²) in [4.78, 5) is 0. The van der Waals surface area contributed by atoms with Gasteiger partial charge in [-0.1, -0.05) is 13.0 Å². The summed E-state index contributed by atoms with van der Waals surface area (Å²) in [5.41, 5.74) is 2.68. The Hall–Kier alpha value is -1.02. The number of aliphatic hydroxyl groups excluding tert-OH is 1. The molecule has 0 aromatic heterocycles. The van der Waals surface area contributed by atoms with Gasteiger partial charge in [-0.15, -0.1) is 0 Å². The molecule has 2 N–H and O–H groups in total. The van der Waals surface area contributed by atoms with Crippen molar-refractivity contribution < 1.29 is 11.6 Å². The zero-order valence-electron chi connectivity index (χ0n) is 14.1. The van der Waals surface area contributed by atoms with Gasteiger partial charge in [-0.25, -0.2) is 0 Å². The molecule has 0 saturated heterocycles. The Bertz CT molecular complexity index is 603. The molecular weight excluding hydrogens is 248 g/mol. The number of aromatic hydroxyl groups is 1.